The number of β-lactam (4-membered cyclic amide) rings is 1. The zero-order valence-electron chi connectivity index (χ0n) is 17.3. The number of para-hydroxylation sites is 1. The Morgan fingerprint density at radius 3 is 2.39 bits per heavy atom. The molecule has 2 aromatic rings. The minimum Gasteiger partial charge on any atom is -0.484 e. The molecule has 2 saturated heterocycles. The van der Waals surface area contributed by atoms with Crippen LogP contribution in [0.1, 0.15) is 19.4 Å². The third kappa shape index (κ3) is 4.39. The summed E-state index contributed by atoms with van der Waals surface area (Å²) in [6, 6.07) is 17.0. The summed E-state index contributed by atoms with van der Waals surface area (Å²) < 4.78 is 10.4. The van der Waals surface area contributed by atoms with Crippen LogP contribution >= 0.6 is 11.8 Å². The number of esters is 1. The van der Waals surface area contributed by atoms with Gasteiger partial charge in [0.2, 0.25) is 5.91 Å². The van der Waals surface area contributed by atoms with Crippen molar-refractivity contribution in [1.29, 1.82) is 0 Å². The van der Waals surface area contributed by atoms with E-state index in [0.29, 0.717) is 5.75 Å². The van der Waals surface area contributed by atoms with Gasteiger partial charge in [-0.25, -0.2) is 4.79 Å². The van der Waals surface area contributed by atoms with Crippen molar-refractivity contribution < 1.29 is 23.9 Å². The molecule has 162 valence electrons. The average Bonchev–Trinajstić information content (AvgIpc) is 3.03. The van der Waals surface area contributed by atoms with Crippen LogP contribution in [0.2, 0.25) is 0 Å². The third-order valence-corrected chi connectivity index (χ3v) is 6.89. The molecule has 2 fully saturated rings. The lowest BCUT2D eigenvalue weighted by atomic mass is 9.96. The van der Waals surface area contributed by atoms with Crippen LogP contribution in [-0.4, -0.2) is 51.5 Å². The highest BCUT2D eigenvalue weighted by molar-refractivity contribution is 8.01. The maximum atomic E-state index is 12.8. The summed E-state index contributed by atoms with van der Waals surface area (Å²) in [7, 11) is 0. The van der Waals surface area contributed by atoms with Gasteiger partial charge >= 0.3 is 5.97 Å². The first-order chi connectivity index (χ1) is 14.9. The zero-order chi connectivity index (χ0) is 22.0. The summed E-state index contributed by atoms with van der Waals surface area (Å²) in [6.07, 6.45) is 0. The first-order valence-corrected chi connectivity index (χ1v) is 10.9. The molecule has 0 saturated carbocycles. The van der Waals surface area contributed by atoms with E-state index in [9.17, 15) is 14.4 Å². The number of hydrogen-bond acceptors (Lipinski definition) is 6. The van der Waals surface area contributed by atoms with Crippen molar-refractivity contribution in [3.05, 3.63) is 66.2 Å². The van der Waals surface area contributed by atoms with E-state index in [0.717, 1.165) is 5.56 Å². The SMILES string of the molecule is CC1(C)S[C@@H]2[C@H](NC(=O)COc3ccccc3)C(=O)N2[C@H]1C(=O)OCc1ccccc1. The maximum absolute atomic E-state index is 12.8. The molecule has 0 aliphatic carbocycles. The first-order valence-electron chi connectivity index (χ1n) is 10.0. The van der Waals surface area contributed by atoms with Crippen molar-refractivity contribution in [3.63, 3.8) is 0 Å². The summed E-state index contributed by atoms with van der Waals surface area (Å²) in [5.41, 5.74) is 0.884. The molecule has 4 rings (SSSR count). The number of benzene rings is 2. The molecule has 8 heteroatoms. The maximum Gasteiger partial charge on any atom is 0.330 e. The van der Waals surface area contributed by atoms with E-state index in [2.05, 4.69) is 5.32 Å². The average molecular weight is 441 g/mol. The summed E-state index contributed by atoms with van der Waals surface area (Å²) in [5, 5.41) is 2.43. The first kappa shape index (κ1) is 21.2. The number of amides is 2. The second-order valence-electron chi connectivity index (χ2n) is 8.00. The van der Waals surface area contributed by atoms with E-state index < -0.39 is 22.8 Å². The highest BCUT2D eigenvalue weighted by Crippen LogP contribution is 2.51. The highest BCUT2D eigenvalue weighted by Gasteiger charge is 2.64. The predicted octanol–water partition coefficient (Wildman–Crippen LogP) is 2.36. The van der Waals surface area contributed by atoms with E-state index in [1.54, 1.807) is 12.1 Å². The van der Waals surface area contributed by atoms with Crippen molar-refractivity contribution in [1.82, 2.24) is 10.2 Å². The van der Waals surface area contributed by atoms with E-state index >= 15 is 0 Å². The summed E-state index contributed by atoms with van der Waals surface area (Å²) in [5.74, 6) is -0.514. The van der Waals surface area contributed by atoms with Crippen LogP contribution in [0.5, 0.6) is 5.75 Å². The van der Waals surface area contributed by atoms with Crippen molar-refractivity contribution in [2.24, 2.45) is 0 Å². The van der Waals surface area contributed by atoms with Gasteiger partial charge in [-0.3, -0.25) is 9.59 Å². The largest absolute Gasteiger partial charge is 0.484 e. The van der Waals surface area contributed by atoms with Crippen LogP contribution in [0.3, 0.4) is 0 Å². The van der Waals surface area contributed by atoms with Crippen LogP contribution in [0.4, 0.5) is 0 Å². The predicted molar refractivity (Wildman–Crippen MR) is 116 cm³/mol. The Labute approximate surface area is 185 Å². The van der Waals surface area contributed by atoms with E-state index in [-0.39, 0.29) is 30.4 Å². The molecule has 7 nitrogen and oxygen atoms in total. The molecule has 0 aromatic heterocycles. The normalized spacial score (nSPS) is 23.5. The molecular weight excluding hydrogens is 416 g/mol. The number of nitrogens with zero attached hydrogens (tertiary/aromatic N) is 1. The van der Waals surface area contributed by atoms with Crippen molar-refractivity contribution >= 4 is 29.5 Å². The smallest absolute Gasteiger partial charge is 0.330 e. The lowest BCUT2D eigenvalue weighted by Crippen LogP contribution is -2.71. The van der Waals surface area contributed by atoms with Gasteiger partial charge in [-0.15, -0.1) is 11.8 Å². The van der Waals surface area contributed by atoms with Gasteiger partial charge in [0.25, 0.3) is 5.91 Å². The molecule has 0 radical (unpaired) electrons. The Bertz CT molecular complexity index is 966. The summed E-state index contributed by atoms with van der Waals surface area (Å²) in [4.78, 5) is 39.4. The topological polar surface area (TPSA) is 84.9 Å². The molecule has 1 N–H and O–H groups in total. The number of hydrogen-bond donors (Lipinski definition) is 1. The zero-order valence-corrected chi connectivity index (χ0v) is 18.1. The van der Waals surface area contributed by atoms with E-state index in [1.807, 2.05) is 62.4 Å². The number of carbonyl (C=O) groups excluding carboxylic acids is 3. The number of rotatable bonds is 7. The lowest BCUT2D eigenvalue weighted by Gasteiger charge is -2.43. The van der Waals surface area contributed by atoms with E-state index in [1.165, 1.54) is 16.7 Å². The van der Waals surface area contributed by atoms with Gasteiger partial charge < -0.3 is 19.7 Å². The fourth-order valence-electron chi connectivity index (χ4n) is 3.81. The van der Waals surface area contributed by atoms with Crippen LogP contribution in [0.25, 0.3) is 0 Å². The lowest BCUT2D eigenvalue weighted by molar-refractivity contribution is -0.165. The van der Waals surface area contributed by atoms with Gasteiger partial charge in [0.05, 0.1) is 0 Å². The van der Waals surface area contributed by atoms with Crippen molar-refractivity contribution in [2.45, 2.75) is 42.7 Å². The van der Waals surface area contributed by atoms with Gasteiger partial charge in [0.15, 0.2) is 6.61 Å². The second kappa shape index (κ2) is 8.63. The fourth-order valence-corrected chi connectivity index (χ4v) is 5.44. The Hall–Kier alpha value is -3.00. The molecule has 2 amide bonds. The second-order valence-corrected chi connectivity index (χ2v) is 9.77. The summed E-state index contributed by atoms with van der Waals surface area (Å²) in [6.45, 7) is 3.79. The highest BCUT2D eigenvalue weighted by atomic mass is 32.2. The molecule has 0 spiro atoms. The minimum atomic E-state index is -0.701. The van der Waals surface area contributed by atoms with Gasteiger partial charge in [-0.2, -0.15) is 0 Å². The number of ether oxygens (including phenoxy) is 2. The van der Waals surface area contributed by atoms with Gasteiger partial charge in [0, 0.05) is 4.75 Å². The molecule has 0 bridgehead atoms. The number of nitrogens with one attached hydrogen (secondary N) is 1. The van der Waals surface area contributed by atoms with Crippen molar-refractivity contribution in [2.75, 3.05) is 6.61 Å². The Morgan fingerprint density at radius 2 is 1.71 bits per heavy atom. The minimum absolute atomic E-state index is 0.153. The quantitative estimate of drug-likeness (QED) is 0.526. The molecule has 0 unspecified atom stereocenters. The molecule has 2 heterocycles. The molecule has 2 aromatic carbocycles. The van der Waals surface area contributed by atoms with Crippen LogP contribution < -0.4 is 10.1 Å². The van der Waals surface area contributed by atoms with Gasteiger partial charge in [0.1, 0.15) is 29.8 Å². The third-order valence-electron chi connectivity index (χ3n) is 5.32. The number of carbonyl (C=O) groups is 3. The molecule has 2 aliphatic rings. The Balaban J connectivity index is 1.34. The molecule has 31 heavy (non-hydrogen) atoms. The van der Waals surface area contributed by atoms with Gasteiger partial charge in [-0.1, -0.05) is 48.5 Å². The Morgan fingerprint density at radius 1 is 1.06 bits per heavy atom. The standard InChI is InChI=1S/C23H24N2O5S/c1-23(2)19(22(28)30-13-15-9-5-3-6-10-15)25-20(27)18(21(25)31-23)24-17(26)14-29-16-11-7-4-8-12-16/h3-12,18-19,21H,13-14H2,1-2H3,(H,24,26)/t18-,19+,21-/m1/s1. The fraction of sp³-hybridized carbons (Fsp3) is 0.348. The van der Waals surface area contributed by atoms with Crippen LogP contribution in [-0.2, 0) is 25.7 Å². The number of thioether (sulfide) groups is 1. The van der Waals surface area contributed by atoms with Crippen LogP contribution in [0.15, 0.2) is 60.7 Å². The molecule has 3 atom stereocenters. The summed E-state index contributed by atoms with van der Waals surface area (Å²) >= 11 is 1.49. The van der Waals surface area contributed by atoms with Crippen molar-refractivity contribution in [3.8, 4) is 5.75 Å². The van der Waals surface area contributed by atoms with E-state index in [4.69, 9.17) is 9.47 Å². The monoisotopic (exact) mass is 440 g/mol. The Kier molecular flexibility index (Phi) is 5.91. The van der Waals surface area contributed by atoms with Gasteiger partial charge in [-0.05, 0) is 31.5 Å². The van der Waals surface area contributed by atoms with Crippen LogP contribution in [0, 0.1) is 0 Å². The molecular formula is C23H24N2O5S. The number of fused-ring (bicyclic) bond motifs is 1. The molecule has 2 aliphatic heterocycles.